The Morgan fingerprint density at radius 1 is 1.30 bits per heavy atom. The van der Waals surface area contributed by atoms with Crippen LogP contribution in [0.1, 0.15) is 41.3 Å². The van der Waals surface area contributed by atoms with Crippen LogP contribution in [0.2, 0.25) is 0 Å². The average molecular weight is 345 g/mol. The molecule has 120 valence electrons. The van der Waals surface area contributed by atoms with Gasteiger partial charge in [0, 0.05) is 24.0 Å². The van der Waals surface area contributed by atoms with Crippen LogP contribution in [0.5, 0.6) is 0 Å². The Labute approximate surface area is 144 Å². The van der Waals surface area contributed by atoms with Crippen LogP contribution in [0.25, 0.3) is 10.8 Å². The fourth-order valence-corrected chi connectivity index (χ4v) is 4.97. The van der Waals surface area contributed by atoms with Crippen LogP contribution in [-0.2, 0) is 13.0 Å². The quantitative estimate of drug-likeness (QED) is 0.644. The summed E-state index contributed by atoms with van der Waals surface area (Å²) in [5.41, 5.74) is 2.59. The molecule has 0 spiro atoms. The minimum atomic E-state index is 0.506. The van der Waals surface area contributed by atoms with Gasteiger partial charge in [0.05, 0.1) is 10.6 Å². The number of aryl methyl sites for hydroxylation is 1. The van der Waals surface area contributed by atoms with Crippen molar-refractivity contribution in [3.05, 3.63) is 50.9 Å². The minimum absolute atomic E-state index is 0.506. The number of thiophene rings is 2. The molecule has 0 bridgehead atoms. The molecule has 0 saturated carbocycles. The number of fused-ring (bicyclic) bond motifs is 1. The van der Waals surface area contributed by atoms with Crippen molar-refractivity contribution in [3.8, 4) is 10.8 Å². The lowest BCUT2D eigenvalue weighted by molar-refractivity contribution is 0.170. The van der Waals surface area contributed by atoms with Crippen molar-refractivity contribution >= 4 is 22.7 Å². The van der Waals surface area contributed by atoms with E-state index in [0.29, 0.717) is 6.04 Å². The third kappa shape index (κ3) is 2.77. The maximum absolute atomic E-state index is 5.90. The van der Waals surface area contributed by atoms with Gasteiger partial charge >= 0.3 is 0 Å². The summed E-state index contributed by atoms with van der Waals surface area (Å²) in [4.78, 5) is 9.98. The van der Waals surface area contributed by atoms with Crippen LogP contribution in [0.4, 0.5) is 0 Å². The van der Waals surface area contributed by atoms with Crippen molar-refractivity contribution in [1.29, 1.82) is 0 Å². The molecule has 4 rings (SSSR count). The monoisotopic (exact) mass is 344 g/mol. The fraction of sp³-hybridized carbons (Fsp3) is 0.389. The Morgan fingerprint density at radius 3 is 3.00 bits per heavy atom. The van der Waals surface area contributed by atoms with E-state index in [9.17, 15) is 0 Å². The van der Waals surface area contributed by atoms with Gasteiger partial charge in [0.25, 0.3) is 0 Å². The van der Waals surface area contributed by atoms with Crippen molar-refractivity contribution in [2.45, 2.75) is 39.3 Å². The number of aromatic nitrogens is 1. The maximum Gasteiger partial charge on any atom is 0.236 e. The van der Waals surface area contributed by atoms with Crippen molar-refractivity contribution < 1.29 is 4.42 Å². The normalized spacial score (nSPS) is 18.3. The highest BCUT2D eigenvalue weighted by Gasteiger charge is 2.28. The van der Waals surface area contributed by atoms with Gasteiger partial charge < -0.3 is 4.42 Å². The summed E-state index contributed by atoms with van der Waals surface area (Å²) in [6.07, 6.45) is 2.29. The molecular formula is C18H20N2OS2. The second-order valence-corrected chi connectivity index (χ2v) is 7.89. The second kappa shape index (κ2) is 6.23. The predicted octanol–water partition coefficient (Wildman–Crippen LogP) is 5.28. The lowest BCUT2D eigenvalue weighted by atomic mass is 9.97. The molecule has 0 unspecified atom stereocenters. The van der Waals surface area contributed by atoms with E-state index in [4.69, 9.17) is 9.40 Å². The highest BCUT2D eigenvalue weighted by molar-refractivity contribution is 7.13. The molecule has 1 aliphatic rings. The highest BCUT2D eigenvalue weighted by Crippen LogP contribution is 2.36. The summed E-state index contributed by atoms with van der Waals surface area (Å²) in [5, 5.41) is 4.29. The third-order valence-corrected chi connectivity index (χ3v) is 6.42. The molecule has 3 aromatic heterocycles. The van der Waals surface area contributed by atoms with E-state index in [0.717, 1.165) is 48.2 Å². The summed E-state index contributed by atoms with van der Waals surface area (Å²) >= 11 is 3.57. The van der Waals surface area contributed by atoms with E-state index < -0.39 is 0 Å². The van der Waals surface area contributed by atoms with Gasteiger partial charge in [-0.3, -0.25) is 4.90 Å². The largest absolute Gasteiger partial charge is 0.440 e. The molecular weight excluding hydrogens is 324 g/mol. The maximum atomic E-state index is 5.90. The first-order chi connectivity index (χ1) is 11.3. The molecule has 0 amide bonds. The molecule has 0 saturated heterocycles. The van der Waals surface area contributed by atoms with Crippen LogP contribution < -0.4 is 0 Å². The SMILES string of the molecule is CC[C@H]1c2ccsc2CCN1Cc1nc(-c2cccs2)oc1C. The Bertz CT molecular complexity index is 788. The third-order valence-electron chi connectivity index (χ3n) is 4.57. The first-order valence-electron chi connectivity index (χ1n) is 8.06. The van der Waals surface area contributed by atoms with Gasteiger partial charge in [-0.1, -0.05) is 13.0 Å². The lowest BCUT2D eigenvalue weighted by Gasteiger charge is -2.34. The number of hydrogen-bond donors (Lipinski definition) is 0. The smallest absolute Gasteiger partial charge is 0.236 e. The Kier molecular flexibility index (Phi) is 4.09. The van der Waals surface area contributed by atoms with Gasteiger partial charge in [-0.15, -0.1) is 22.7 Å². The lowest BCUT2D eigenvalue weighted by Crippen LogP contribution is -2.34. The zero-order valence-corrected chi connectivity index (χ0v) is 15.0. The van der Waals surface area contributed by atoms with Crippen LogP contribution in [0, 0.1) is 6.92 Å². The highest BCUT2D eigenvalue weighted by atomic mass is 32.1. The molecule has 0 aliphatic carbocycles. The van der Waals surface area contributed by atoms with Gasteiger partial charge in [0.15, 0.2) is 0 Å². The minimum Gasteiger partial charge on any atom is -0.440 e. The molecule has 0 fully saturated rings. The molecule has 1 aliphatic heterocycles. The van der Waals surface area contributed by atoms with Crippen molar-refractivity contribution in [2.75, 3.05) is 6.54 Å². The van der Waals surface area contributed by atoms with E-state index in [2.05, 4.69) is 34.7 Å². The van der Waals surface area contributed by atoms with Gasteiger partial charge in [-0.05, 0) is 48.2 Å². The summed E-state index contributed by atoms with van der Waals surface area (Å²) in [5.74, 6) is 1.70. The van der Waals surface area contributed by atoms with Gasteiger partial charge in [-0.25, -0.2) is 4.98 Å². The van der Waals surface area contributed by atoms with Crippen LogP contribution in [0.3, 0.4) is 0 Å². The molecule has 0 radical (unpaired) electrons. The molecule has 3 aromatic rings. The topological polar surface area (TPSA) is 29.3 Å². The van der Waals surface area contributed by atoms with Crippen LogP contribution in [0.15, 0.2) is 33.4 Å². The Morgan fingerprint density at radius 2 is 2.22 bits per heavy atom. The van der Waals surface area contributed by atoms with E-state index in [1.54, 1.807) is 16.2 Å². The van der Waals surface area contributed by atoms with Crippen molar-refractivity contribution in [3.63, 3.8) is 0 Å². The number of rotatable bonds is 4. The second-order valence-electron chi connectivity index (χ2n) is 5.94. The van der Waals surface area contributed by atoms with E-state index >= 15 is 0 Å². The van der Waals surface area contributed by atoms with Crippen LogP contribution in [-0.4, -0.2) is 16.4 Å². The molecule has 1 atom stereocenters. The molecule has 23 heavy (non-hydrogen) atoms. The summed E-state index contributed by atoms with van der Waals surface area (Å²) in [7, 11) is 0. The van der Waals surface area contributed by atoms with E-state index in [-0.39, 0.29) is 0 Å². The number of oxazole rings is 1. The fourth-order valence-electron chi connectivity index (χ4n) is 3.39. The number of nitrogens with zero attached hydrogens (tertiary/aromatic N) is 2. The zero-order valence-electron chi connectivity index (χ0n) is 13.4. The van der Waals surface area contributed by atoms with Gasteiger partial charge in [0.2, 0.25) is 5.89 Å². The summed E-state index contributed by atoms with van der Waals surface area (Å²) in [6.45, 7) is 6.28. The molecule has 0 N–H and O–H groups in total. The summed E-state index contributed by atoms with van der Waals surface area (Å²) < 4.78 is 5.90. The van der Waals surface area contributed by atoms with Crippen molar-refractivity contribution in [2.24, 2.45) is 0 Å². The zero-order chi connectivity index (χ0) is 15.8. The molecule has 4 heterocycles. The first-order valence-corrected chi connectivity index (χ1v) is 9.82. The Balaban J connectivity index is 1.59. The van der Waals surface area contributed by atoms with E-state index in [1.165, 1.54) is 5.56 Å². The van der Waals surface area contributed by atoms with Crippen LogP contribution >= 0.6 is 22.7 Å². The molecule has 3 nitrogen and oxygen atoms in total. The number of hydrogen-bond acceptors (Lipinski definition) is 5. The standard InChI is InChI=1S/C18H20N2OS2/c1-3-15-13-7-10-23-16(13)6-8-20(15)11-14-12(2)21-18(19-14)17-5-4-9-22-17/h4-5,7,9-10,15H,3,6,8,11H2,1-2H3/t15-/m0/s1. The predicted molar refractivity (Wildman–Crippen MR) is 96.0 cm³/mol. The van der Waals surface area contributed by atoms with Gasteiger partial charge in [0.1, 0.15) is 5.76 Å². The van der Waals surface area contributed by atoms with E-state index in [1.807, 2.05) is 24.3 Å². The summed E-state index contributed by atoms with van der Waals surface area (Å²) in [6, 6.07) is 6.90. The Hall–Kier alpha value is -1.43. The molecule has 5 heteroatoms. The first kappa shape index (κ1) is 15.1. The van der Waals surface area contributed by atoms with Gasteiger partial charge in [-0.2, -0.15) is 0 Å². The molecule has 0 aromatic carbocycles. The van der Waals surface area contributed by atoms with Crippen molar-refractivity contribution in [1.82, 2.24) is 9.88 Å². The average Bonchev–Trinajstić information content (AvgIpc) is 3.27.